The van der Waals surface area contributed by atoms with E-state index in [1.165, 1.54) is 12.2 Å². The molecule has 35 heavy (non-hydrogen) atoms. The van der Waals surface area contributed by atoms with Crippen molar-refractivity contribution in [1.82, 2.24) is 10.2 Å². The lowest BCUT2D eigenvalue weighted by Crippen LogP contribution is -2.41. The van der Waals surface area contributed by atoms with Gasteiger partial charge in [-0.2, -0.15) is 0 Å². The van der Waals surface area contributed by atoms with Crippen molar-refractivity contribution in [1.29, 1.82) is 0 Å². The number of ether oxygens (including phenoxy) is 1. The number of rotatable bonds is 12. The number of hydrogen-bond donors (Lipinski definition) is 2. The van der Waals surface area contributed by atoms with E-state index in [2.05, 4.69) is 10.6 Å². The summed E-state index contributed by atoms with van der Waals surface area (Å²) in [5.74, 6) is -1.59. The van der Waals surface area contributed by atoms with Crippen LogP contribution in [0, 0.1) is 11.3 Å². The highest BCUT2D eigenvalue weighted by Crippen LogP contribution is 2.18. The van der Waals surface area contributed by atoms with Gasteiger partial charge in [-0.05, 0) is 51.3 Å². The molecule has 2 rings (SSSR count). The molecule has 0 bridgehead atoms. The number of carbonyl (C=O) groups is 5. The minimum atomic E-state index is -0.664. The third-order valence-corrected chi connectivity index (χ3v) is 5.46. The highest BCUT2D eigenvalue weighted by molar-refractivity contribution is 6.13. The standard InChI is InChI=1S/C26H35N3O6/c1-17(15-27-20-8-6-19(7-9-20)16-35-25(34)26(3,4)5)14-21(30)18(2)28-22(31)12-13-29-23(32)10-11-24(29)33/h6-11,17-18,27H,12-16H2,1-5H3,(H,28,31)/t17-,18+/m1/s1. The molecular formula is C26H35N3O6. The van der Waals surface area contributed by atoms with Crippen molar-refractivity contribution >= 4 is 35.2 Å². The number of Topliss-reactive ketones (excluding diaryl/α,β-unsaturated/α-hetero) is 1. The summed E-state index contributed by atoms with van der Waals surface area (Å²) in [6.07, 6.45) is 2.56. The summed E-state index contributed by atoms with van der Waals surface area (Å²) >= 11 is 0. The summed E-state index contributed by atoms with van der Waals surface area (Å²) in [6, 6.07) is 6.88. The first kappa shape index (κ1) is 27.8. The molecule has 0 saturated heterocycles. The summed E-state index contributed by atoms with van der Waals surface area (Å²) in [5, 5.41) is 5.92. The Morgan fingerprint density at radius 2 is 1.60 bits per heavy atom. The van der Waals surface area contributed by atoms with E-state index in [1.54, 1.807) is 6.92 Å². The third-order valence-electron chi connectivity index (χ3n) is 5.46. The zero-order valence-electron chi connectivity index (χ0n) is 21.1. The van der Waals surface area contributed by atoms with Gasteiger partial charge in [0, 0.05) is 43.8 Å². The average molecular weight is 486 g/mol. The van der Waals surface area contributed by atoms with E-state index < -0.39 is 29.2 Å². The van der Waals surface area contributed by atoms with Gasteiger partial charge in [0.15, 0.2) is 5.78 Å². The maximum absolute atomic E-state index is 12.5. The number of nitrogens with zero attached hydrogens (tertiary/aromatic N) is 1. The van der Waals surface area contributed by atoms with Gasteiger partial charge in [-0.1, -0.05) is 19.1 Å². The molecule has 1 heterocycles. The highest BCUT2D eigenvalue weighted by Gasteiger charge is 2.25. The van der Waals surface area contributed by atoms with Crippen LogP contribution >= 0.6 is 0 Å². The molecule has 1 aliphatic heterocycles. The fourth-order valence-corrected chi connectivity index (χ4v) is 3.23. The maximum Gasteiger partial charge on any atom is 0.311 e. The minimum Gasteiger partial charge on any atom is -0.460 e. The van der Waals surface area contributed by atoms with Crippen molar-refractivity contribution in [3.8, 4) is 0 Å². The molecule has 9 nitrogen and oxygen atoms in total. The van der Waals surface area contributed by atoms with Gasteiger partial charge < -0.3 is 15.4 Å². The Hall–Kier alpha value is -3.49. The van der Waals surface area contributed by atoms with Gasteiger partial charge in [-0.25, -0.2) is 0 Å². The van der Waals surface area contributed by atoms with Crippen LogP contribution in [0.3, 0.4) is 0 Å². The number of benzene rings is 1. The number of nitrogens with one attached hydrogen (secondary N) is 2. The van der Waals surface area contributed by atoms with Gasteiger partial charge in [0.1, 0.15) is 6.61 Å². The number of hydrogen-bond acceptors (Lipinski definition) is 7. The number of amides is 3. The van der Waals surface area contributed by atoms with Gasteiger partial charge in [-0.15, -0.1) is 0 Å². The van der Waals surface area contributed by atoms with Crippen molar-refractivity contribution in [2.75, 3.05) is 18.4 Å². The first-order valence-electron chi connectivity index (χ1n) is 11.7. The van der Waals surface area contributed by atoms with Gasteiger partial charge in [-0.3, -0.25) is 28.9 Å². The molecule has 0 unspecified atom stereocenters. The molecule has 2 N–H and O–H groups in total. The Labute approximate surface area is 206 Å². The second kappa shape index (κ2) is 12.3. The van der Waals surface area contributed by atoms with E-state index >= 15 is 0 Å². The van der Waals surface area contributed by atoms with Crippen LogP contribution in [0.1, 0.15) is 53.0 Å². The second-order valence-corrected chi connectivity index (χ2v) is 9.88. The number of ketones is 1. The first-order valence-corrected chi connectivity index (χ1v) is 11.7. The number of carbonyl (C=O) groups excluding carboxylic acids is 5. The molecule has 1 aromatic rings. The van der Waals surface area contributed by atoms with Crippen molar-refractivity contribution in [3.05, 3.63) is 42.0 Å². The maximum atomic E-state index is 12.5. The van der Waals surface area contributed by atoms with Gasteiger partial charge in [0.2, 0.25) is 5.91 Å². The van der Waals surface area contributed by atoms with Crippen LogP contribution in [0.5, 0.6) is 0 Å². The molecular weight excluding hydrogens is 450 g/mol. The van der Waals surface area contributed by atoms with Crippen LogP contribution in [0.4, 0.5) is 5.69 Å². The Morgan fingerprint density at radius 3 is 2.17 bits per heavy atom. The fourth-order valence-electron chi connectivity index (χ4n) is 3.23. The molecule has 9 heteroatoms. The van der Waals surface area contributed by atoms with E-state index in [4.69, 9.17) is 4.74 Å². The third kappa shape index (κ3) is 8.99. The molecule has 0 spiro atoms. The molecule has 0 saturated carbocycles. The van der Waals surface area contributed by atoms with Gasteiger partial charge in [0.05, 0.1) is 11.5 Å². The molecule has 0 aliphatic carbocycles. The Balaban J connectivity index is 1.69. The average Bonchev–Trinajstić information content (AvgIpc) is 3.11. The van der Waals surface area contributed by atoms with Crippen LogP contribution in [0.2, 0.25) is 0 Å². The smallest absolute Gasteiger partial charge is 0.311 e. The molecule has 190 valence electrons. The summed E-state index contributed by atoms with van der Waals surface area (Å²) < 4.78 is 5.31. The molecule has 2 atom stereocenters. The van der Waals surface area contributed by atoms with Crippen molar-refractivity contribution in [2.45, 2.75) is 60.1 Å². The molecule has 0 fully saturated rings. The van der Waals surface area contributed by atoms with E-state index in [-0.39, 0.29) is 43.7 Å². The monoisotopic (exact) mass is 485 g/mol. The lowest BCUT2D eigenvalue weighted by Gasteiger charge is -2.18. The van der Waals surface area contributed by atoms with Crippen LogP contribution in [-0.2, 0) is 35.3 Å². The van der Waals surface area contributed by atoms with Crippen LogP contribution < -0.4 is 10.6 Å². The van der Waals surface area contributed by atoms with Crippen LogP contribution in [0.25, 0.3) is 0 Å². The van der Waals surface area contributed by atoms with E-state index in [0.717, 1.165) is 16.2 Å². The number of anilines is 1. The first-order chi connectivity index (χ1) is 16.4. The Morgan fingerprint density at radius 1 is 1.00 bits per heavy atom. The highest BCUT2D eigenvalue weighted by atomic mass is 16.5. The number of imide groups is 1. The zero-order valence-corrected chi connectivity index (χ0v) is 21.1. The quantitative estimate of drug-likeness (QED) is 0.345. The molecule has 0 aromatic heterocycles. The van der Waals surface area contributed by atoms with Crippen LogP contribution in [0.15, 0.2) is 36.4 Å². The van der Waals surface area contributed by atoms with E-state index in [1.807, 2.05) is 52.0 Å². The van der Waals surface area contributed by atoms with E-state index in [9.17, 15) is 24.0 Å². The van der Waals surface area contributed by atoms with E-state index in [0.29, 0.717) is 6.54 Å². The summed E-state index contributed by atoms with van der Waals surface area (Å²) in [4.78, 5) is 60.5. The van der Waals surface area contributed by atoms with Crippen molar-refractivity contribution in [3.63, 3.8) is 0 Å². The van der Waals surface area contributed by atoms with Crippen molar-refractivity contribution in [2.24, 2.45) is 11.3 Å². The summed E-state index contributed by atoms with van der Waals surface area (Å²) in [7, 11) is 0. The lowest BCUT2D eigenvalue weighted by atomic mass is 9.97. The van der Waals surface area contributed by atoms with Crippen molar-refractivity contribution < 1.29 is 28.7 Å². The van der Waals surface area contributed by atoms with Gasteiger partial charge in [0.25, 0.3) is 11.8 Å². The summed E-state index contributed by atoms with van der Waals surface area (Å²) in [6.45, 7) is 9.75. The summed E-state index contributed by atoms with van der Waals surface area (Å²) in [5.41, 5.74) is 1.23. The zero-order chi connectivity index (χ0) is 26.2. The molecule has 1 aliphatic rings. The topological polar surface area (TPSA) is 122 Å². The normalized spacial score (nSPS) is 15.1. The van der Waals surface area contributed by atoms with Crippen LogP contribution in [-0.4, -0.2) is 53.5 Å². The lowest BCUT2D eigenvalue weighted by molar-refractivity contribution is -0.154. The molecule has 3 amide bonds. The SMILES string of the molecule is C[C@@H](CNc1ccc(COC(=O)C(C)(C)C)cc1)CC(=O)[C@H](C)NC(=O)CCN1C(=O)C=CC1=O. The molecule has 1 aromatic carbocycles. The predicted octanol–water partition coefficient (Wildman–Crippen LogP) is 2.60. The minimum absolute atomic E-state index is 0.0183. The Bertz CT molecular complexity index is 960. The largest absolute Gasteiger partial charge is 0.460 e. The molecule has 0 radical (unpaired) electrons. The predicted molar refractivity (Wildman–Crippen MR) is 131 cm³/mol. The van der Waals surface area contributed by atoms with Gasteiger partial charge >= 0.3 is 5.97 Å². The Kier molecular flexibility index (Phi) is 9.74. The number of esters is 1. The fraction of sp³-hybridized carbons (Fsp3) is 0.500. The second-order valence-electron chi connectivity index (χ2n) is 9.88.